The molecule has 3 rings (SSSR count). The second-order valence-corrected chi connectivity index (χ2v) is 8.98. The number of nitrogens with one attached hydrogen (secondary N) is 2. The van der Waals surface area contributed by atoms with Crippen molar-refractivity contribution in [1.29, 1.82) is 0 Å². The summed E-state index contributed by atoms with van der Waals surface area (Å²) in [5.74, 6) is -0.317. The molecule has 0 bridgehead atoms. The maximum Gasteiger partial charge on any atom is 0.243 e. The Morgan fingerprint density at radius 2 is 1.33 bits per heavy atom. The first kappa shape index (κ1) is 24.7. The molecule has 0 radical (unpaired) electrons. The fourth-order valence-corrected chi connectivity index (χ4v) is 4.33. The molecule has 0 spiro atoms. The third kappa shape index (κ3) is 8.51. The largest absolute Gasteiger partial charge is 0.350 e. The number of carbonyl (C=O) groups is 4. The Hall–Kier alpha value is -2.90. The molecule has 1 aromatic carbocycles. The molecular weight excluding hydrogens is 420 g/mol. The van der Waals surface area contributed by atoms with Crippen LogP contribution < -0.4 is 10.6 Å². The summed E-state index contributed by atoms with van der Waals surface area (Å²) in [4.78, 5) is 52.6. The number of rotatable bonds is 7. The lowest BCUT2D eigenvalue weighted by atomic mass is 10.1. The summed E-state index contributed by atoms with van der Waals surface area (Å²) >= 11 is 0. The van der Waals surface area contributed by atoms with E-state index in [9.17, 15) is 19.2 Å². The molecule has 0 atom stereocenters. The molecule has 0 saturated carbocycles. The minimum Gasteiger partial charge on any atom is -0.350 e. The van der Waals surface area contributed by atoms with Crippen molar-refractivity contribution in [2.75, 3.05) is 31.5 Å². The van der Waals surface area contributed by atoms with Crippen LogP contribution in [0.2, 0.25) is 0 Å². The van der Waals surface area contributed by atoms with Crippen molar-refractivity contribution in [2.24, 2.45) is 0 Å². The van der Waals surface area contributed by atoms with Crippen molar-refractivity contribution in [1.82, 2.24) is 15.1 Å². The van der Waals surface area contributed by atoms with Crippen molar-refractivity contribution < 1.29 is 19.2 Å². The summed E-state index contributed by atoms with van der Waals surface area (Å²) in [5.41, 5.74) is 1.48. The smallest absolute Gasteiger partial charge is 0.243 e. The molecule has 0 aromatic heterocycles. The highest BCUT2D eigenvalue weighted by atomic mass is 16.2. The number of nitrogens with zero attached hydrogens (tertiary/aromatic N) is 2. The molecule has 1 aromatic rings. The van der Waals surface area contributed by atoms with E-state index in [0.717, 1.165) is 56.9 Å². The Labute approximate surface area is 196 Å². The topological polar surface area (TPSA) is 98.8 Å². The minimum absolute atomic E-state index is 0.0415. The zero-order valence-corrected chi connectivity index (χ0v) is 19.4. The van der Waals surface area contributed by atoms with Crippen LogP contribution in [0.25, 0.3) is 0 Å². The second kappa shape index (κ2) is 13.0. The Bertz CT molecular complexity index is 841. The van der Waals surface area contributed by atoms with E-state index in [1.165, 1.54) is 0 Å². The maximum atomic E-state index is 12.5. The van der Waals surface area contributed by atoms with E-state index in [1.54, 1.807) is 15.9 Å². The van der Waals surface area contributed by atoms with Crippen LogP contribution in [0.4, 0.5) is 5.69 Å². The van der Waals surface area contributed by atoms with E-state index in [1.807, 2.05) is 18.2 Å². The Kier molecular flexibility index (Phi) is 9.72. The number of anilines is 1. The zero-order valence-electron chi connectivity index (χ0n) is 19.4. The third-order valence-corrected chi connectivity index (χ3v) is 6.21. The Balaban J connectivity index is 1.46. The number of hydrogen-bond acceptors (Lipinski definition) is 4. The molecule has 2 fully saturated rings. The predicted molar refractivity (Wildman–Crippen MR) is 126 cm³/mol. The zero-order chi connectivity index (χ0) is 23.5. The van der Waals surface area contributed by atoms with Crippen LogP contribution in [0.3, 0.4) is 0 Å². The summed E-state index contributed by atoms with van der Waals surface area (Å²) in [7, 11) is 0. The van der Waals surface area contributed by atoms with Crippen LogP contribution in [-0.2, 0) is 25.7 Å². The highest BCUT2D eigenvalue weighted by Gasteiger charge is 2.19. The van der Waals surface area contributed by atoms with Gasteiger partial charge in [-0.3, -0.25) is 19.2 Å². The van der Waals surface area contributed by atoms with Crippen molar-refractivity contribution in [3.63, 3.8) is 0 Å². The third-order valence-electron chi connectivity index (χ3n) is 6.21. The summed E-state index contributed by atoms with van der Waals surface area (Å²) in [6.07, 6.45) is 8.99. The van der Waals surface area contributed by atoms with Gasteiger partial charge in [-0.05, 0) is 43.4 Å². The molecule has 2 aliphatic heterocycles. The summed E-state index contributed by atoms with van der Waals surface area (Å²) in [6.45, 7) is 1.71. The van der Waals surface area contributed by atoms with Gasteiger partial charge < -0.3 is 20.4 Å². The van der Waals surface area contributed by atoms with Gasteiger partial charge in [0, 0.05) is 38.2 Å². The Morgan fingerprint density at radius 3 is 1.97 bits per heavy atom. The van der Waals surface area contributed by atoms with Crippen LogP contribution >= 0.6 is 0 Å². The van der Waals surface area contributed by atoms with Crippen LogP contribution in [0.1, 0.15) is 69.8 Å². The van der Waals surface area contributed by atoms with E-state index in [-0.39, 0.29) is 36.7 Å². The van der Waals surface area contributed by atoms with Crippen molar-refractivity contribution in [2.45, 2.75) is 70.8 Å². The van der Waals surface area contributed by atoms with Gasteiger partial charge in [-0.15, -0.1) is 0 Å². The quantitative estimate of drug-likeness (QED) is 0.659. The molecule has 2 N–H and O–H groups in total. The highest BCUT2D eigenvalue weighted by Crippen LogP contribution is 2.14. The van der Waals surface area contributed by atoms with Crippen molar-refractivity contribution >= 4 is 29.3 Å². The molecule has 2 heterocycles. The first-order chi connectivity index (χ1) is 16.0. The normalized spacial score (nSPS) is 18.1. The van der Waals surface area contributed by atoms with Crippen LogP contribution in [0, 0.1) is 0 Å². The monoisotopic (exact) mass is 456 g/mol. The molecule has 8 heteroatoms. The van der Waals surface area contributed by atoms with Gasteiger partial charge in [0.2, 0.25) is 23.6 Å². The van der Waals surface area contributed by atoms with Gasteiger partial charge in [0.25, 0.3) is 0 Å². The van der Waals surface area contributed by atoms with Gasteiger partial charge in [0.15, 0.2) is 0 Å². The fraction of sp³-hybridized carbons (Fsp3) is 0.600. The van der Waals surface area contributed by atoms with Gasteiger partial charge in [0.1, 0.15) is 0 Å². The lowest BCUT2D eigenvalue weighted by Crippen LogP contribution is -2.41. The van der Waals surface area contributed by atoms with Crippen molar-refractivity contribution in [3.8, 4) is 0 Å². The molecular formula is C25H36N4O4. The van der Waals surface area contributed by atoms with Gasteiger partial charge >= 0.3 is 0 Å². The van der Waals surface area contributed by atoms with Crippen LogP contribution in [0.15, 0.2) is 24.3 Å². The van der Waals surface area contributed by atoms with Crippen LogP contribution in [0.5, 0.6) is 0 Å². The number of hydrogen-bond donors (Lipinski definition) is 2. The maximum absolute atomic E-state index is 12.5. The molecule has 2 saturated heterocycles. The fourth-order valence-electron chi connectivity index (χ4n) is 4.33. The SMILES string of the molecule is O=C(CN1CCCCCCC1=O)NCc1cccc(NC(=O)CN2CCCCCCC2=O)c1. The van der Waals surface area contributed by atoms with Crippen molar-refractivity contribution in [3.05, 3.63) is 29.8 Å². The molecule has 33 heavy (non-hydrogen) atoms. The summed E-state index contributed by atoms with van der Waals surface area (Å²) < 4.78 is 0. The first-order valence-electron chi connectivity index (χ1n) is 12.2. The van der Waals surface area contributed by atoms with E-state index in [0.29, 0.717) is 38.2 Å². The molecule has 0 unspecified atom stereocenters. The van der Waals surface area contributed by atoms with Gasteiger partial charge in [-0.25, -0.2) is 0 Å². The highest BCUT2D eigenvalue weighted by molar-refractivity contribution is 5.94. The summed E-state index contributed by atoms with van der Waals surface area (Å²) in [6, 6.07) is 7.30. The van der Waals surface area contributed by atoms with E-state index < -0.39 is 0 Å². The molecule has 180 valence electrons. The Morgan fingerprint density at radius 1 is 0.758 bits per heavy atom. The van der Waals surface area contributed by atoms with Gasteiger partial charge in [-0.1, -0.05) is 37.8 Å². The molecule has 2 aliphatic rings. The van der Waals surface area contributed by atoms with Gasteiger partial charge in [0.05, 0.1) is 13.1 Å². The average molecular weight is 457 g/mol. The standard InChI is InChI=1S/C25H36N4O4/c30-22(18-28-14-7-3-1-5-12-24(28)32)26-17-20-10-9-11-21(16-20)27-23(31)19-29-15-8-4-2-6-13-25(29)33/h9-11,16H,1-8,12-15,17-19H2,(H,26,30)(H,27,31). The minimum atomic E-state index is -0.222. The van der Waals surface area contributed by atoms with E-state index in [4.69, 9.17) is 0 Å². The predicted octanol–water partition coefficient (Wildman–Crippen LogP) is 2.83. The number of likely N-dealkylation sites (tertiary alicyclic amines) is 2. The molecule has 4 amide bonds. The van der Waals surface area contributed by atoms with E-state index >= 15 is 0 Å². The van der Waals surface area contributed by atoms with Crippen LogP contribution in [-0.4, -0.2) is 59.6 Å². The van der Waals surface area contributed by atoms with Gasteiger partial charge in [-0.2, -0.15) is 0 Å². The second-order valence-electron chi connectivity index (χ2n) is 8.98. The first-order valence-corrected chi connectivity index (χ1v) is 12.2. The number of benzene rings is 1. The average Bonchev–Trinajstić information content (AvgIpc) is 2.77. The molecule has 8 nitrogen and oxygen atoms in total. The summed E-state index contributed by atoms with van der Waals surface area (Å²) in [5, 5.41) is 5.73. The molecule has 0 aliphatic carbocycles. The lowest BCUT2D eigenvalue weighted by molar-refractivity contribution is -0.136. The lowest BCUT2D eigenvalue weighted by Gasteiger charge is -2.24. The number of amides is 4. The number of carbonyl (C=O) groups excluding carboxylic acids is 4. The van der Waals surface area contributed by atoms with E-state index in [2.05, 4.69) is 10.6 Å².